The van der Waals surface area contributed by atoms with Gasteiger partial charge in [-0.2, -0.15) is 0 Å². The fourth-order valence-corrected chi connectivity index (χ4v) is 1.17. The number of carbonyl (C=O) groups is 1. The molecule has 0 saturated heterocycles. The second-order valence-corrected chi connectivity index (χ2v) is 4.57. The zero-order valence-corrected chi connectivity index (χ0v) is 11.1. The maximum absolute atomic E-state index is 11.2. The fourth-order valence-electron chi connectivity index (χ4n) is 1.17. The van der Waals surface area contributed by atoms with Gasteiger partial charge < -0.3 is 15.0 Å². The van der Waals surface area contributed by atoms with Crippen molar-refractivity contribution in [1.29, 1.82) is 0 Å². The first-order valence-electron chi connectivity index (χ1n) is 6.15. The van der Waals surface area contributed by atoms with Crippen molar-refractivity contribution in [3.8, 4) is 0 Å². The summed E-state index contributed by atoms with van der Waals surface area (Å²) in [6.07, 6.45) is 2.08. The lowest BCUT2D eigenvalue weighted by Gasteiger charge is -2.16. The van der Waals surface area contributed by atoms with E-state index in [2.05, 4.69) is 31.0 Å². The van der Waals surface area contributed by atoms with Gasteiger partial charge in [-0.15, -0.1) is 0 Å². The molecule has 0 aromatic heterocycles. The molecule has 0 aliphatic heterocycles. The summed E-state index contributed by atoms with van der Waals surface area (Å²) in [4.78, 5) is 13.4. The largest absolute Gasteiger partial charge is 0.448 e. The topological polar surface area (TPSA) is 41.6 Å². The van der Waals surface area contributed by atoms with Gasteiger partial charge in [0.1, 0.15) is 6.61 Å². The van der Waals surface area contributed by atoms with Gasteiger partial charge in [0.25, 0.3) is 0 Å². The van der Waals surface area contributed by atoms with E-state index in [1.807, 2.05) is 7.05 Å². The van der Waals surface area contributed by atoms with Gasteiger partial charge in [-0.1, -0.05) is 27.2 Å². The molecule has 0 rings (SSSR count). The van der Waals surface area contributed by atoms with Crippen LogP contribution in [0.2, 0.25) is 0 Å². The number of nitrogens with one attached hydrogen (secondary N) is 1. The quantitative estimate of drug-likeness (QED) is 0.694. The first-order valence-corrected chi connectivity index (χ1v) is 6.15. The van der Waals surface area contributed by atoms with Crippen molar-refractivity contribution in [3.63, 3.8) is 0 Å². The van der Waals surface area contributed by atoms with E-state index in [1.165, 1.54) is 12.8 Å². The molecule has 0 atom stereocenters. The van der Waals surface area contributed by atoms with Gasteiger partial charge in [-0.25, -0.2) is 4.79 Å². The number of likely N-dealkylation sites (N-methyl/N-ethyl adjacent to an activating group) is 1. The molecular weight excluding hydrogens is 204 g/mol. The van der Waals surface area contributed by atoms with Crippen LogP contribution >= 0.6 is 0 Å². The Morgan fingerprint density at radius 3 is 2.62 bits per heavy atom. The number of carbonyl (C=O) groups excluding carboxylic acids is 1. The van der Waals surface area contributed by atoms with Crippen LogP contribution in [0.4, 0.5) is 4.79 Å². The lowest BCUT2D eigenvalue weighted by atomic mass is 10.2. The molecule has 0 spiro atoms. The molecular formula is C12H26N2O2. The molecule has 16 heavy (non-hydrogen) atoms. The van der Waals surface area contributed by atoms with Crippen molar-refractivity contribution in [2.24, 2.45) is 5.92 Å². The summed E-state index contributed by atoms with van der Waals surface area (Å²) >= 11 is 0. The summed E-state index contributed by atoms with van der Waals surface area (Å²) in [7, 11) is 2.05. The number of amides is 1. The van der Waals surface area contributed by atoms with E-state index in [9.17, 15) is 4.79 Å². The SMILES string of the molecule is CCCCN(C)CCOC(=O)NCC(C)C. The molecule has 0 saturated carbocycles. The molecule has 96 valence electrons. The maximum atomic E-state index is 11.2. The van der Waals surface area contributed by atoms with E-state index >= 15 is 0 Å². The third kappa shape index (κ3) is 9.77. The van der Waals surface area contributed by atoms with Gasteiger partial charge in [0.05, 0.1) is 0 Å². The molecule has 0 aliphatic rings. The van der Waals surface area contributed by atoms with Crippen molar-refractivity contribution in [2.75, 3.05) is 33.3 Å². The first-order chi connectivity index (χ1) is 7.56. The molecule has 1 amide bonds. The zero-order chi connectivity index (χ0) is 12.4. The number of hydrogen-bond donors (Lipinski definition) is 1. The van der Waals surface area contributed by atoms with Gasteiger partial charge in [0.2, 0.25) is 0 Å². The number of rotatable bonds is 8. The lowest BCUT2D eigenvalue weighted by Crippen LogP contribution is -2.31. The Balaban J connectivity index is 3.39. The molecule has 0 aromatic carbocycles. The number of alkyl carbamates (subject to hydrolysis) is 1. The molecule has 4 heteroatoms. The summed E-state index contributed by atoms with van der Waals surface area (Å²) in [6, 6.07) is 0. The Labute approximate surface area is 99.3 Å². The predicted octanol–water partition coefficient (Wildman–Crippen LogP) is 2.10. The Morgan fingerprint density at radius 1 is 1.38 bits per heavy atom. The molecule has 0 unspecified atom stereocenters. The Morgan fingerprint density at radius 2 is 2.06 bits per heavy atom. The van der Waals surface area contributed by atoms with E-state index in [1.54, 1.807) is 0 Å². The molecule has 0 radical (unpaired) electrons. The summed E-state index contributed by atoms with van der Waals surface area (Å²) in [5.41, 5.74) is 0. The highest BCUT2D eigenvalue weighted by Crippen LogP contribution is 1.92. The number of nitrogens with zero attached hydrogens (tertiary/aromatic N) is 1. The summed E-state index contributed by atoms with van der Waals surface area (Å²) < 4.78 is 5.05. The van der Waals surface area contributed by atoms with E-state index in [0.29, 0.717) is 19.1 Å². The molecule has 4 nitrogen and oxygen atoms in total. The normalized spacial score (nSPS) is 10.9. The summed E-state index contributed by atoms with van der Waals surface area (Å²) in [5, 5.41) is 2.72. The second-order valence-electron chi connectivity index (χ2n) is 4.57. The van der Waals surface area contributed by atoms with Gasteiger partial charge in [0, 0.05) is 13.1 Å². The molecule has 1 N–H and O–H groups in total. The van der Waals surface area contributed by atoms with E-state index in [4.69, 9.17) is 4.74 Å². The second kappa shape index (κ2) is 9.46. The third-order valence-corrected chi connectivity index (χ3v) is 2.25. The molecule has 0 fully saturated rings. The van der Waals surface area contributed by atoms with Crippen LogP contribution < -0.4 is 5.32 Å². The van der Waals surface area contributed by atoms with Crippen LogP contribution in [0.3, 0.4) is 0 Å². The van der Waals surface area contributed by atoms with Crippen LogP contribution in [0, 0.1) is 5.92 Å². The smallest absolute Gasteiger partial charge is 0.407 e. The third-order valence-electron chi connectivity index (χ3n) is 2.25. The highest BCUT2D eigenvalue weighted by molar-refractivity contribution is 5.67. The summed E-state index contributed by atoms with van der Waals surface area (Å²) in [6.45, 7) is 9.28. The van der Waals surface area contributed by atoms with Gasteiger partial charge in [-0.05, 0) is 25.9 Å². The molecule has 0 bridgehead atoms. The average Bonchev–Trinajstić information content (AvgIpc) is 2.23. The standard InChI is InChI=1S/C12H26N2O2/c1-5-6-7-14(4)8-9-16-12(15)13-10-11(2)3/h11H,5-10H2,1-4H3,(H,13,15). The maximum Gasteiger partial charge on any atom is 0.407 e. The predicted molar refractivity (Wildman–Crippen MR) is 66.6 cm³/mol. The van der Waals surface area contributed by atoms with E-state index < -0.39 is 0 Å². The lowest BCUT2D eigenvalue weighted by molar-refractivity contribution is 0.131. The highest BCUT2D eigenvalue weighted by Gasteiger charge is 2.03. The van der Waals surface area contributed by atoms with Crippen molar-refractivity contribution in [2.45, 2.75) is 33.6 Å². The van der Waals surface area contributed by atoms with Crippen LogP contribution in [0.25, 0.3) is 0 Å². The minimum Gasteiger partial charge on any atom is -0.448 e. The minimum atomic E-state index is -0.308. The Kier molecular flexibility index (Phi) is 9.00. The van der Waals surface area contributed by atoms with Crippen molar-refractivity contribution in [3.05, 3.63) is 0 Å². The van der Waals surface area contributed by atoms with Gasteiger partial charge >= 0.3 is 6.09 Å². The van der Waals surface area contributed by atoms with Crippen molar-refractivity contribution < 1.29 is 9.53 Å². The van der Waals surface area contributed by atoms with Crippen LogP contribution in [-0.4, -0.2) is 44.3 Å². The van der Waals surface area contributed by atoms with Crippen LogP contribution in [-0.2, 0) is 4.74 Å². The van der Waals surface area contributed by atoms with Crippen LogP contribution in [0.5, 0.6) is 0 Å². The minimum absolute atomic E-state index is 0.308. The van der Waals surface area contributed by atoms with Crippen LogP contribution in [0.15, 0.2) is 0 Å². The van der Waals surface area contributed by atoms with Gasteiger partial charge in [-0.3, -0.25) is 0 Å². The molecule has 0 heterocycles. The Hall–Kier alpha value is -0.770. The summed E-state index contributed by atoms with van der Waals surface area (Å²) in [5.74, 6) is 0.458. The Bertz CT molecular complexity index is 184. The van der Waals surface area contributed by atoms with E-state index in [0.717, 1.165) is 13.1 Å². The number of ether oxygens (including phenoxy) is 1. The van der Waals surface area contributed by atoms with Crippen LogP contribution in [0.1, 0.15) is 33.6 Å². The molecule has 0 aromatic rings. The monoisotopic (exact) mass is 230 g/mol. The van der Waals surface area contributed by atoms with Gasteiger partial charge in [0.15, 0.2) is 0 Å². The number of unbranched alkanes of at least 4 members (excludes halogenated alkanes) is 1. The highest BCUT2D eigenvalue weighted by atomic mass is 16.5. The average molecular weight is 230 g/mol. The number of hydrogen-bond acceptors (Lipinski definition) is 3. The van der Waals surface area contributed by atoms with Crippen molar-refractivity contribution >= 4 is 6.09 Å². The van der Waals surface area contributed by atoms with Crippen molar-refractivity contribution in [1.82, 2.24) is 10.2 Å². The molecule has 0 aliphatic carbocycles. The van der Waals surface area contributed by atoms with E-state index in [-0.39, 0.29) is 6.09 Å². The first kappa shape index (κ1) is 15.2. The fraction of sp³-hybridized carbons (Fsp3) is 0.917. The zero-order valence-electron chi connectivity index (χ0n) is 11.1.